The molecule has 126 valence electrons. The van der Waals surface area contributed by atoms with Crippen molar-refractivity contribution in [2.45, 2.75) is 39.0 Å². The number of rotatable bonds is 6. The number of allylic oxidation sites excluding steroid dienone is 2. The number of amides is 1. The summed E-state index contributed by atoms with van der Waals surface area (Å²) in [5.74, 6) is 0.329. The van der Waals surface area contributed by atoms with Crippen molar-refractivity contribution < 1.29 is 9.21 Å². The van der Waals surface area contributed by atoms with Gasteiger partial charge in [-0.25, -0.2) is 4.98 Å². The van der Waals surface area contributed by atoms with Crippen LogP contribution in [0.5, 0.6) is 0 Å². The third kappa shape index (κ3) is 3.50. The van der Waals surface area contributed by atoms with Crippen LogP contribution in [0.25, 0.3) is 11.1 Å². The molecule has 0 radical (unpaired) electrons. The van der Waals surface area contributed by atoms with Gasteiger partial charge in [0.15, 0.2) is 11.5 Å². The molecule has 6 heteroatoms. The molecule has 1 amide bonds. The smallest absolute Gasteiger partial charge is 0.248 e. The van der Waals surface area contributed by atoms with Crippen LogP contribution in [0.3, 0.4) is 0 Å². The molecule has 1 aliphatic rings. The first-order chi connectivity index (χ1) is 11.5. The van der Waals surface area contributed by atoms with Crippen LogP contribution in [-0.4, -0.2) is 10.9 Å². The van der Waals surface area contributed by atoms with Gasteiger partial charge in [0.25, 0.3) is 0 Å². The highest BCUT2D eigenvalue weighted by atomic mass is 35.5. The number of aromatic nitrogens is 1. The molecule has 0 saturated carbocycles. The molecule has 2 N–H and O–H groups in total. The molecule has 0 bridgehead atoms. The van der Waals surface area contributed by atoms with E-state index in [1.807, 2.05) is 13.0 Å². The number of aryl methyl sites for hydroxylation is 1. The van der Waals surface area contributed by atoms with E-state index in [4.69, 9.17) is 33.4 Å². The molecule has 0 aliphatic heterocycles. The average Bonchev–Trinajstić information content (AvgIpc) is 3.11. The van der Waals surface area contributed by atoms with E-state index in [1.54, 1.807) is 12.1 Å². The number of carbonyl (C=O) groups excluding carboxylic acids is 1. The Balaban J connectivity index is 1.62. The van der Waals surface area contributed by atoms with Gasteiger partial charge in [0, 0.05) is 18.1 Å². The van der Waals surface area contributed by atoms with Gasteiger partial charge < -0.3 is 10.2 Å². The zero-order chi connectivity index (χ0) is 17.3. The first-order valence-electron chi connectivity index (χ1n) is 7.93. The van der Waals surface area contributed by atoms with Crippen LogP contribution in [0.1, 0.15) is 38.5 Å². The van der Waals surface area contributed by atoms with Crippen molar-refractivity contribution in [3.8, 4) is 0 Å². The maximum atomic E-state index is 11.4. The molecular weight excluding hydrogens is 347 g/mol. The van der Waals surface area contributed by atoms with Gasteiger partial charge in [0.1, 0.15) is 5.52 Å². The highest BCUT2D eigenvalue weighted by molar-refractivity contribution is 6.42. The normalized spacial score (nSPS) is 14.5. The van der Waals surface area contributed by atoms with Crippen molar-refractivity contribution in [1.29, 1.82) is 0 Å². The summed E-state index contributed by atoms with van der Waals surface area (Å²) < 4.78 is 5.71. The summed E-state index contributed by atoms with van der Waals surface area (Å²) in [5.41, 5.74) is 9.83. The van der Waals surface area contributed by atoms with Crippen LogP contribution in [0.15, 0.2) is 39.3 Å². The predicted octanol–water partition coefficient (Wildman–Crippen LogP) is 4.98. The van der Waals surface area contributed by atoms with Gasteiger partial charge in [-0.2, -0.15) is 0 Å². The van der Waals surface area contributed by atoms with Crippen molar-refractivity contribution in [1.82, 2.24) is 4.98 Å². The number of benzene rings is 1. The molecule has 2 aromatic rings. The zero-order valence-corrected chi connectivity index (χ0v) is 14.9. The largest absolute Gasteiger partial charge is 0.441 e. The zero-order valence-electron chi connectivity index (χ0n) is 13.4. The Morgan fingerprint density at radius 2 is 2.04 bits per heavy atom. The fraction of sp³-hybridized carbons (Fsp3) is 0.333. The average molecular weight is 365 g/mol. The SMILES string of the molecule is CCC1=C(C(N)=O)C=C(CCCc2nc3cc(Cl)c(Cl)cc3o2)C1. The van der Waals surface area contributed by atoms with Crippen LogP contribution in [0.4, 0.5) is 0 Å². The second-order valence-corrected chi connectivity index (χ2v) is 6.72. The Hall–Kier alpha value is -1.78. The van der Waals surface area contributed by atoms with Gasteiger partial charge >= 0.3 is 0 Å². The number of nitrogens with two attached hydrogens (primary N) is 1. The number of fused-ring (bicyclic) bond motifs is 1. The van der Waals surface area contributed by atoms with Crippen molar-refractivity contribution in [2.75, 3.05) is 0 Å². The Bertz CT molecular complexity index is 826. The quantitative estimate of drug-likeness (QED) is 0.785. The molecule has 0 saturated heterocycles. The molecular formula is C18H18Cl2N2O2. The van der Waals surface area contributed by atoms with Crippen LogP contribution in [0.2, 0.25) is 10.0 Å². The molecule has 0 unspecified atom stereocenters. The third-order valence-electron chi connectivity index (χ3n) is 4.23. The molecule has 0 atom stereocenters. The van der Waals surface area contributed by atoms with Crippen LogP contribution >= 0.6 is 23.2 Å². The van der Waals surface area contributed by atoms with Gasteiger partial charge in [-0.3, -0.25) is 4.79 Å². The Morgan fingerprint density at radius 1 is 1.29 bits per heavy atom. The molecule has 0 spiro atoms. The van der Waals surface area contributed by atoms with E-state index in [0.29, 0.717) is 39.0 Å². The minimum absolute atomic E-state index is 0.338. The lowest BCUT2D eigenvalue weighted by Gasteiger charge is -2.02. The summed E-state index contributed by atoms with van der Waals surface area (Å²) in [7, 11) is 0. The summed E-state index contributed by atoms with van der Waals surface area (Å²) in [4.78, 5) is 15.9. The number of halogens is 2. The molecule has 1 aromatic carbocycles. The number of carbonyl (C=O) groups is 1. The van der Waals surface area contributed by atoms with Gasteiger partial charge in [0.2, 0.25) is 5.91 Å². The maximum Gasteiger partial charge on any atom is 0.248 e. The fourth-order valence-electron chi connectivity index (χ4n) is 2.99. The van der Waals surface area contributed by atoms with Crippen molar-refractivity contribution in [3.05, 3.63) is 50.9 Å². The van der Waals surface area contributed by atoms with Crippen molar-refractivity contribution >= 4 is 40.2 Å². The minimum atomic E-state index is -0.338. The lowest BCUT2D eigenvalue weighted by atomic mass is 10.0. The first-order valence-corrected chi connectivity index (χ1v) is 8.69. The molecule has 4 nitrogen and oxygen atoms in total. The second-order valence-electron chi connectivity index (χ2n) is 5.91. The number of oxazole rings is 1. The monoisotopic (exact) mass is 364 g/mol. The molecule has 3 rings (SSSR count). The Kier molecular flexibility index (Phi) is 4.97. The topological polar surface area (TPSA) is 69.1 Å². The minimum Gasteiger partial charge on any atom is -0.441 e. The Labute approximate surface area is 150 Å². The van der Waals surface area contributed by atoms with Crippen molar-refractivity contribution in [2.24, 2.45) is 5.73 Å². The predicted molar refractivity (Wildman–Crippen MR) is 96.2 cm³/mol. The number of nitrogens with zero attached hydrogens (tertiary/aromatic N) is 1. The van der Waals surface area contributed by atoms with E-state index >= 15 is 0 Å². The standard InChI is InChI=1S/C18H18Cl2N2O2/c1-2-11-6-10(7-12(11)18(21)23)4-3-5-17-22-15-8-13(19)14(20)9-16(15)24-17/h7-9H,2-6H2,1H3,(H2,21,23). The van der Waals surface area contributed by atoms with E-state index in [0.717, 1.165) is 31.3 Å². The molecule has 0 fully saturated rings. The van der Waals surface area contributed by atoms with E-state index in [2.05, 4.69) is 4.98 Å². The summed E-state index contributed by atoms with van der Waals surface area (Å²) >= 11 is 12.0. The summed E-state index contributed by atoms with van der Waals surface area (Å²) in [6.45, 7) is 2.05. The van der Waals surface area contributed by atoms with Gasteiger partial charge in [-0.15, -0.1) is 0 Å². The lowest BCUT2D eigenvalue weighted by Crippen LogP contribution is -2.12. The molecule has 24 heavy (non-hydrogen) atoms. The highest BCUT2D eigenvalue weighted by Gasteiger charge is 2.18. The van der Waals surface area contributed by atoms with Gasteiger partial charge in [-0.1, -0.05) is 41.3 Å². The molecule has 1 aromatic heterocycles. The number of hydrogen-bond acceptors (Lipinski definition) is 3. The van der Waals surface area contributed by atoms with Crippen LogP contribution in [0, 0.1) is 0 Å². The summed E-state index contributed by atoms with van der Waals surface area (Å²) in [5, 5.41) is 0.928. The second kappa shape index (κ2) is 6.99. The fourth-order valence-corrected chi connectivity index (χ4v) is 3.30. The van der Waals surface area contributed by atoms with E-state index < -0.39 is 0 Å². The third-order valence-corrected chi connectivity index (χ3v) is 4.95. The van der Waals surface area contributed by atoms with Crippen molar-refractivity contribution in [3.63, 3.8) is 0 Å². The van der Waals surface area contributed by atoms with Crippen LogP contribution < -0.4 is 5.73 Å². The van der Waals surface area contributed by atoms with E-state index in [-0.39, 0.29) is 5.91 Å². The van der Waals surface area contributed by atoms with Gasteiger partial charge in [-0.05, 0) is 37.8 Å². The summed E-state index contributed by atoms with van der Waals surface area (Å²) in [6, 6.07) is 3.40. The maximum absolute atomic E-state index is 11.4. The summed E-state index contributed by atoms with van der Waals surface area (Å²) in [6.07, 6.45) is 6.13. The lowest BCUT2D eigenvalue weighted by molar-refractivity contribution is -0.114. The Morgan fingerprint density at radius 3 is 2.71 bits per heavy atom. The number of primary amides is 1. The molecule has 1 aliphatic carbocycles. The first kappa shape index (κ1) is 17.1. The number of hydrogen-bond donors (Lipinski definition) is 1. The van der Waals surface area contributed by atoms with E-state index in [9.17, 15) is 4.79 Å². The van der Waals surface area contributed by atoms with E-state index in [1.165, 1.54) is 5.57 Å². The van der Waals surface area contributed by atoms with Gasteiger partial charge in [0.05, 0.1) is 10.0 Å². The highest BCUT2D eigenvalue weighted by Crippen LogP contribution is 2.31. The molecule has 1 heterocycles. The van der Waals surface area contributed by atoms with Crippen LogP contribution in [-0.2, 0) is 11.2 Å².